The number of hydrogen-bond acceptors (Lipinski definition) is 4. The molecule has 98 valence electrons. The molecule has 0 aliphatic rings. The second kappa shape index (κ2) is 6.80. The van der Waals surface area contributed by atoms with E-state index >= 15 is 0 Å². The third-order valence-corrected chi connectivity index (χ3v) is 2.91. The summed E-state index contributed by atoms with van der Waals surface area (Å²) in [4.78, 5) is 11.2. The molecule has 5 heteroatoms. The van der Waals surface area contributed by atoms with Crippen molar-refractivity contribution in [3.05, 3.63) is 54.6 Å². The molecule has 1 heterocycles. The van der Waals surface area contributed by atoms with Gasteiger partial charge >= 0.3 is 0 Å². The Morgan fingerprint density at radius 2 is 1.79 bits per heavy atom. The zero-order valence-electron chi connectivity index (χ0n) is 10.6. The van der Waals surface area contributed by atoms with Crippen LogP contribution in [0.15, 0.2) is 48.8 Å². The van der Waals surface area contributed by atoms with Crippen molar-refractivity contribution in [2.45, 2.75) is 13.0 Å². The predicted molar refractivity (Wildman–Crippen MR) is 80.9 cm³/mol. The Balaban J connectivity index is 2.12. The maximum atomic E-state index is 5.59. The molecule has 2 aromatic rings. The second-order valence-electron chi connectivity index (χ2n) is 4.14. The summed E-state index contributed by atoms with van der Waals surface area (Å²) in [5.74, 6) is 0.786. The minimum Gasteiger partial charge on any atom is -0.393 e. The van der Waals surface area contributed by atoms with Crippen molar-refractivity contribution in [3.8, 4) is 0 Å². The maximum absolute atomic E-state index is 5.59. The average molecular weight is 272 g/mol. The van der Waals surface area contributed by atoms with E-state index in [2.05, 4.69) is 27.0 Å². The summed E-state index contributed by atoms with van der Waals surface area (Å²) >= 11 is 4.95. The van der Waals surface area contributed by atoms with Gasteiger partial charge in [0.2, 0.25) is 0 Å². The Kier molecular flexibility index (Phi) is 4.80. The first-order chi connectivity index (χ1) is 9.25. The van der Waals surface area contributed by atoms with Crippen LogP contribution >= 0.6 is 12.2 Å². The summed E-state index contributed by atoms with van der Waals surface area (Å²) in [6.45, 7) is 1.41. The smallest absolute Gasteiger partial charge is 0.147 e. The average Bonchev–Trinajstić information content (AvgIpc) is 2.45. The standard InChI is InChI=1S/C14H16N4S/c15-13(19)7-10-18(12-5-2-1-3-6-12)11-14-16-8-4-9-17-14/h1-6,8-9H,7,10-11H2,(H2,15,19). The first-order valence-corrected chi connectivity index (χ1v) is 6.51. The summed E-state index contributed by atoms with van der Waals surface area (Å²) < 4.78 is 0. The molecular formula is C14H16N4S. The van der Waals surface area contributed by atoms with Crippen LogP contribution < -0.4 is 10.6 Å². The molecular weight excluding hydrogens is 256 g/mol. The van der Waals surface area contributed by atoms with Crippen LogP contribution in [0.2, 0.25) is 0 Å². The number of thiocarbonyl (C=S) groups is 1. The molecule has 0 unspecified atom stereocenters. The minimum absolute atomic E-state index is 0.523. The van der Waals surface area contributed by atoms with Crippen LogP contribution in [-0.2, 0) is 6.54 Å². The van der Waals surface area contributed by atoms with Crippen molar-refractivity contribution in [3.63, 3.8) is 0 Å². The van der Waals surface area contributed by atoms with Crippen LogP contribution in [-0.4, -0.2) is 21.5 Å². The molecule has 0 amide bonds. The highest BCUT2D eigenvalue weighted by Gasteiger charge is 2.08. The van der Waals surface area contributed by atoms with Crippen LogP contribution in [0.1, 0.15) is 12.2 Å². The van der Waals surface area contributed by atoms with Crippen molar-refractivity contribution in [1.29, 1.82) is 0 Å². The molecule has 0 saturated heterocycles. The van der Waals surface area contributed by atoms with Crippen molar-refractivity contribution >= 4 is 22.9 Å². The van der Waals surface area contributed by atoms with Gasteiger partial charge in [0.1, 0.15) is 5.82 Å². The van der Waals surface area contributed by atoms with Gasteiger partial charge in [0.05, 0.1) is 11.5 Å². The summed E-state index contributed by atoms with van der Waals surface area (Å²) in [6.07, 6.45) is 4.18. The van der Waals surface area contributed by atoms with E-state index in [-0.39, 0.29) is 0 Å². The number of hydrogen-bond donors (Lipinski definition) is 1. The van der Waals surface area contributed by atoms with E-state index in [9.17, 15) is 0 Å². The van der Waals surface area contributed by atoms with Gasteiger partial charge in [-0.3, -0.25) is 0 Å². The van der Waals surface area contributed by atoms with E-state index in [0.29, 0.717) is 18.0 Å². The molecule has 0 radical (unpaired) electrons. The van der Waals surface area contributed by atoms with E-state index in [0.717, 1.165) is 18.1 Å². The highest BCUT2D eigenvalue weighted by Crippen LogP contribution is 2.15. The van der Waals surface area contributed by atoms with Gasteiger partial charge in [-0.15, -0.1) is 0 Å². The molecule has 2 rings (SSSR count). The third-order valence-electron chi connectivity index (χ3n) is 2.70. The van der Waals surface area contributed by atoms with Crippen LogP contribution in [0.25, 0.3) is 0 Å². The summed E-state index contributed by atoms with van der Waals surface area (Å²) in [7, 11) is 0. The van der Waals surface area contributed by atoms with Crippen LogP contribution in [0.3, 0.4) is 0 Å². The fraction of sp³-hybridized carbons (Fsp3) is 0.214. The quantitative estimate of drug-likeness (QED) is 0.817. The predicted octanol–water partition coefficient (Wildman–Crippen LogP) is 2.16. The Bertz CT molecular complexity index is 515. The topological polar surface area (TPSA) is 55.0 Å². The first-order valence-electron chi connectivity index (χ1n) is 6.10. The molecule has 1 aromatic heterocycles. The molecule has 0 fully saturated rings. The zero-order valence-corrected chi connectivity index (χ0v) is 11.4. The lowest BCUT2D eigenvalue weighted by atomic mass is 10.2. The van der Waals surface area contributed by atoms with Crippen molar-refractivity contribution in [2.75, 3.05) is 11.4 Å². The van der Waals surface area contributed by atoms with Gasteiger partial charge in [-0.1, -0.05) is 30.4 Å². The number of benzene rings is 1. The zero-order chi connectivity index (χ0) is 13.5. The molecule has 0 atom stereocenters. The molecule has 1 aromatic carbocycles. The fourth-order valence-corrected chi connectivity index (χ4v) is 1.86. The van der Waals surface area contributed by atoms with E-state index in [1.807, 2.05) is 24.3 Å². The lowest BCUT2D eigenvalue weighted by Gasteiger charge is -2.23. The Labute approximate surface area is 118 Å². The van der Waals surface area contributed by atoms with E-state index in [1.165, 1.54) is 0 Å². The van der Waals surface area contributed by atoms with Gasteiger partial charge in [0, 0.05) is 31.0 Å². The lowest BCUT2D eigenvalue weighted by molar-refractivity contribution is 0.763. The van der Waals surface area contributed by atoms with Crippen LogP contribution in [0, 0.1) is 0 Å². The fourth-order valence-electron chi connectivity index (χ4n) is 1.77. The molecule has 0 aliphatic carbocycles. The number of rotatable bonds is 6. The van der Waals surface area contributed by atoms with E-state index in [1.54, 1.807) is 12.4 Å². The molecule has 0 aliphatic heterocycles. The number of anilines is 1. The van der Waals surface area contributed by atoms with Crippen molar-refractivity contribution in [2.24, 2.45) is 5.73 Å². The van der Waals surface area contributed by atoms with Gasteiger partial charge in [0.25, 0.3) is 0 Å². The Morgan fingerprint density at radius 1 is 1.11 bits per heavy atom. The number of nitrogens with zero attached hydrogens (tertiary/aromatic N) is 3. The van der Waals surface area contributed by atoms with Gasteiger partial charge < -0.3 is 10.6 Å². The molecule has 0 saturated carbocycles. The summed E-state index contributed by atoms with van der Waals surface area (Å²) in [5, 5.41) is 0. The van der Waals surface area contributed by atoms with Crippen molar-refractivity contribution in [1.82, 2.24) is 9.97 Å². The Morgan fingerprint density at radius 3 is 2.42 bits per heavy atom. The third kappa shape index (κ3) is 4.30. The monoisotopic (exact) mass is 272 g/mol. The summed E-state index contributed by atoms with van der Waals surface area (Å²) in [5.41, 5.74) is 6.70. The Hall–Kier alpha value is -2.01. The largest absolute Gasteiger partial charge is 0.393 e. The molecule has 19 heavy (non-hydrogen) atoms. The molecule has 0 spiro atoms. The lowest BCUT2D eigenvalue weighted by Crippen LogP contribution is -2.27. The first kappa shape index (κ1) is 13.4. The number of aromatic nitrogens is 2. The summed E-state index contributed by atoms with van der Waals surface area (Å²) in [6, 6.07) is 11.9. The van der Waals surface area contributed by atoms with Gasteiger partial charge in [-0.25, -0.2) is 9.97 Å². The van der Waals surface area contributed by atoms with Crippen LogP contribution in [0.5, 0.6) is 0 Å². The van der Waals surface area contributed by atoms with Gasteiger partial charge in [-0.2, -0.15) is 0 Å². The molecule has 2 N–H and O–H groups in total. The highest BCUT2D eigenvalue weighted by atomic mass is 32.1. The molecule has 0 bridgehead atoms. The minimum atomic E-state index is 0.523. The second-order valence-corrected chi connectivity index (χ2v) is 4.66. The maximum Gasteiger partial charge on any atom is 0.147 e. The number of nitrogens with two attached hydrogens (primary N) is 1. The van der Waals surface area contributed by atoms with Crippen LogP contribution in [0.4, 0.5) is 5.69 Å². The number of para-hydroxylation sites is 1. The molecule has 4 nitrogen and oxygen atoms in total. The highest BCUT2D eigenvalue weighted by molar-refractivity contribution is 7.80. The SMILES string of the molecule is NC(=S)CCN(Cc1ncccn1)c1ccccc1. The van der Waals surface area contributed by atoms with Gasteiger partial charge in [0.15, 0.2) is 0 Å². The van der Waals surface area contributed by atoms with E-state index in [4.69, 9.17) is 18.0 Å². The normalized spacial score (nSPS) is 10.1. The van der Waals surface area contributed by atoms with Gasteiger partial charge in [-0.05, 0) is 18.2 Å². The van der Waals surface area contributed by atoms with Crippen molar-refractivity contribution < 1.29 is 0 Å². The van der Waals surface area contributed by atoms with E-state index < -0.39 is 0 Å².